The van der Waals surface area contributed by atoms with Gasteiger partial charge in [-0.2, -0.15) is 0 Å². The van der Waals surface area contributed by atoms with E-state index in [1.54, 1.807) is 0 Å². The molecule has 2 aliphatic rings. The van der Waals surface area contributed by atoms with Crippen molar-refractivity contribution >= 4 is 5.97 Å². The number of carbonyl (C=O) groups is 1. The Morgan fingerprint density at radius 1 is 0.479 bits per heavy atom. The Morgan fingerprint density at radius 2 is 0.901 bits per heavy atom. The van der Waals surface area contributed by atoms with Crippen molar-refractivity contribution in [3.05, 3.63) is 72.9 Å². The molecule has 7 N–H and O–H groups in total. The summed E-state index contributed by atoms with van der Waals surface area (Å²) in [6, 6.07) is 0. The molecule has 14 nitrogen and oxygen atoms in total. The molecule has 0 saturated carbocycles. The SMILES string of the molecule is CC/C=C\C/C=C\C/C=C\C/C=C\C/C=C\C/C=C\CCCOCC(COC1OC(COC2OC(CO)C(O)C(O)C2O)C(O)C(O)C1O)OC(=O)CCCCCCCCCCCCCCCCCCC. The highest BCUT2D eigenvalue weighted by Crippen LogP contribution is 2.26. The van der Waals surface area contributed by atoms with Gasteiger partial charge in [-0.3, -0.25) is 4.79 Å². The van der Waals surface area contributed by atoms with Gasteiger partial charge in [0.1, 0.15) is 54.9 Å². The fourth-order valence-electron chi connectivity index (χ4n) is 8.30. The molecule has 0 aromatic carbocycles. The first-order valence-electron chi connectivity index (χ1n) is 27.5. The molecule has 410 valence electrons. The summed E-state index contributed by atoms with van der Waals surface area (Å²) in [4.78, 5) is 13.0. The van der Waals surface area contributed by atoms with Gasteiger partial charge >= 0.3 is 5.97 Å². The van der Waals surface area contributed by atoms with Crippen LogP contribution in [0, 0.1) is 0 Å². The molecule has 0 bridgehead atoms. The standard InChI is InChI=1S/C57H98O14/c1-3-5-7-9-11-13-15-17-19-21-22-23-25-27-29-31-33-35-37-39-41-66-43-46(69-49(59)40-38-36-34-32-30-28-26-24-20-18-16-14-12-10-8-6-4-2)44-67-56-55(65)53(63)51(61)48(71-56)45-68-57-54(64)52(62)50(60)47(42-58)70-57/h5,7,11,13,17,19,22-23,27,29,33,35,46-48,50-58,60-65H,3-4,6,8-10,12,14-16,18,20-21,24-26,28,30-32,34,36-45H2,1-2H3/b7-5-,13-11-,19-17-,23-22-,29-27-,35-33-. The lowest BCUT2D eigenvalue weighted by Crippen LogP contribution is -2.61. The van der Waals surface area contributed by atoms with Gasteiger partial charge in [0.05, 0.1) is 26.4 Å². The van der Waals surface area contributed by atoms with E-state index in [9.17, 15) is 40.5 Å². The van der Waals surface area contributed by atoms with Crippen molar-refractivity contribution < 1.29 is 69.0 Å². The summed E-state index contributed by atoms with van der Waals surface area (Å²) in [5.41, 5.74) is 0. The van der Waals surface area contributed by atoms with Crippen LogP contribution < -0.4 is 0 Å². The first-order chi connectivity index (χ1) is 34.6. The summed E-state index contributed by atoms with van der Waals surface area (Å²) in [6.07, 6.45) is 38.3. The van der Waals surface area contributed by atoms with E-state index < -0.39 is 86.7 Å². The predicted octanol–water partition coefficient (Wildman–Crippen LogP) is 9.08. The Hall–Kier alpha value is -2.57. The van der Waals surface area contributed by atoms with Gasteiger partial charge in [0.15, 0.2) is 12.6 Å². The monoisotopic (exact) mass is 1010 g/mol. The Kier molecular flexibility index (Phi) is 39.8. The van der Waals surface area contributed by atoms with Gasteiger partial charge in [-0.25, -0.2) is 0 Å². The van der Waals surface area contributed by atoms with Gasteiger partial charge < -0.3 is 64.2 Å². The largest absolute Gasteiger partial charge is 0.457 e. The number of unbranched alkanes of at least 4 members (excludes halogenated alkanes) is 17. The van der Waals surface area contributed by atoms with Crippen molar-refractivity contribution in [2.75, 3.05) is 33.0 Å². The molecule has 2 saturated heterocycles. The van der Waals surface area contributed by atoms with E-state index in [2.05, 4.69) is 86.8 Å². The zero-order valence-corrected chi connectivity index (χ0v) is 43.7. The molecule has 2 aliphatic heterocycles. The molecule has 11 unspecified atom stereocenters. The van der Waals surface area contributed by atoms with Crippen LogP contribution in [-0.2, 0) is 33.2 Å². The van der Waals surface area contributed by atoms with Crippen LogP contribution in [0.4, 0.5) is 0 Å². The third-order valence-electron chi connectivity index (χ3n) is 12.7. The number of rotatable bonds is 43. The molecule has 0 radical (unpaired) electrons. The fraction of sp³-hybridized carbons (Fsp3) is 0.772. The molecule has 71 heavy (non-hydrogen) atoms. The number of hydrogen-bond donors (Lipinski definition) is 7. The van der Waals surface area contributed by atoms with Crippen LogP contribution in [0.3, 0.4) is 0 Å². The van der Waals surface area contributed by atoms with Gasteiger partial charge in [0, 0.05) is 13.0 Å². The molecule has 0 aliphatic carbocycles. The molecule has 0 aromatic rings. The third kappa shape index (κ3) is 31.0. The smallest absolute Gasteiger partial charge is 0.306 e. The second-order valence-corrected chi connectivity index (χ2v) is 19.0. The van der Waals surface area contributed by atoms with E-state index in [-0.39, 0.29) is 19.6 Å². The van der Waals surface area contributed by atoms with Gasteiger partial charge in [-0.1, -0.05) is 189 Å². The maximum Gasteiger partial charge on any atom is 0.306 e. The van der Waals surface area contributed by atoms with Gasteiger partial charge in [0.25, 0.3) is 0 Å². The van der Waals surface area contributed by atoms with E-state index in [4.69, 9.17) is 28.4 Å². The normalized spacial score (nSPS) is 25.9. The zero-order chi connectivity index (χ0) is 51.6. The fourth-order valence-corrected chi connectivity index (χ4v) is 8.30. The van der Waals surface area contributed by atoms with E-state index in [0.717, 1.165) is 70.6 Å². The number of aliphatic hydroxyl groups is 7. The number of hydrogen-bond acceptors (Lipinski definition) is 14. The zero-order valence-electron chi connectivity index (χ0n) is 43.7. The summed E-state index contributed by atoms with van der Waals surface area (Å²) in [5, 5.41) is 72.2. The lowest BCUT2D eigenvalue weighted by molar-refractivity contribution is -0.332. The average Bonchev–Trinajstić information content (AvgIpc) is 3.37. The van der Waals surface area contributed by atoms with Crippen LogP contribution in [0.15, 0.2) is 72.9 Å². The molecule has 0 spiro atoms. The summed E-state index contributed by atoms with van der Waals surface area (Å²) in [6.45, 7) is 3.42. The van der Waals surface area contributed by atoms with Crippen LogP contribution in [0.1, 0.15) is 181 Å². The highest BCUT2D eigenvalue weighted by molar-refractivity contribution is 5.69. The van der Waals surface area contributed by atoms with Crippen molar-refractivity contribution in [1.82, 2.24) is 0 Å². The Morgan fingerprint density at radius 3 is 1.38 bits per heavy atom. The minimum Gasteiger partial charge on any atom is -0.457 e. The first kappa shape index (κ1) is 64.5. The van der Waals surface area contributed by atoms with Crippen molar-refractivity contribution in [1.29, 1.82) is 0 Å². The Balaban J connectivity index is 1.77. The van der Waals surface area contributed by atoms with Crippen molar-refractivity contribution in [3.8, 4) is 0 Å². The molecule has 0 amide bonds. The van der Waals surface area contributed by atoms with Gasteiger partial charge in [-0.05, 0) is 57.8 Å². The minimum atomic E-state index is -1.72. The number of ether oxygens (including phenoxy) is 6. The minimum absolute atomic E-state index is 0.0200. The number of allylic oxidation sites excluding steroid dienone is 12. The van der Waals surface area contributed by atoms with E-state index in [1.165, 1.54) is 83.5 Å². The molecular formula is C57H98O14. The summed E-state index contributed by atoms with van der Waals surface area (Å²) < 4.78 is 34.3. The van der Waals surface area contributed by atoms with Crippen LogP contribution in [0.2, 0.25) is 0 Å². The Bertz CT molecular complexity index is 1450. The molecule has 14 heteroatoms. The second-order valence-electron chi connectivity index (χ2n) is 19.0. The number of aliphatic hydroxyl groups excluding tert-OH is 7. The number of esters is 1. The van der Waals surface area contributed by atoms with E-state index in [1.807, 2.05) is 0 Å². The maximum absolute atomic E-state index is 13.0. The quantitative estimate of drug-likeness (QED) is 0.0173. The van der Waals surface area contributed by atoms with Crippen LogP contribution >= 0.6 is 0 Å². The topological polar surface area (TPSA) is 214 Å². The van der Waals surface area contributed by atoms with Crippen LogP contribution in [-0.4, -0.2) is 142 Å². The predicted molar refractivity (Wildman–Crippen MR) is 279 cm³/mol. The number of carbonyl (C=O) groups excluding carboxylic acids is 1. The molecular weight excluding hydrogens is 909 g/mol. The third-order valence-corrected chi connectivity index (χ3v) is 12.7. The summed E-state index contributed by atoms with van der Waals surface area (Å²) >= 11 is 0. The molecule has 2 fully saturated rings. The summed E-state index contributed by atoms with van der Waals surface area (Å²) in [7, 11) is 0. The molecule has 11 atom stereocenters. The van der Waals surface area contributed by atoms with Crippen molar-refractivity contribution in [2.24, 2.45) is 0 Å². The first-order valence-corrected chi connectivity index (χ1v) is 27.5. The lowest BCUT2D eigenvalue weighted by Gasteiger charge is -2.42. The Labute approximate surface area is 427 Å². The van der Waals surface area contributed by atoms with Gasteiger partial charge in [0.2, 0.25) is 0 Å². The average molecular weight is 1010 g/mol. The molecule has 2 heterocycles. The summed E-state index contributed by atoms with van der Waals surface area (Å²) in [5.74, 6) is -0.396. The molecule has 0 aromatic heterocycles. The maximum atomic E-state index is 13.0. The second kappa shape index (κ2) is 43.8. The van der Waals surface area contributed by atoms with Crippen molar-refractivity contribution in [3.63, 3.8) is 0 Å². The molecule has 2 rings (SSSR count). The van der Waals surface area contributed by atoms with Gasteiger partial charge in [-0.15, -0.1) is 0 Å². The lowest BCUT2D eigenvalue weighted by atomic mass is 9.98. The van der Waals surface area contributed by atoms with E-state index >= 15 is 0 Å². The highest BCUT2D eigenvalue weighted by Gasteiger charge is 2.47. The van der Waals surface area contributed by atoms with Crippen molar-refractivity contribution in [2.45, 2.75) is 248 Å². The van der Waals surface area contributed by atoms with Crippen LogP contribution in [0.25, 0.3) is 0 Å². The highest BCUT2D eigenvalue weighted by atomic mass is 16.7. The van der Waals surface area contributed by atoms with E-state index in [0.29, 0.717) is 13.0 Å². The van der Waals surface area contributed by atoms with Crippen LogP contribution in [0.5, 0.6) is 0 Å².